The molecule has 0 heterocycles. The standard InChI is InChI=1S/C14H21IO/c1-5-12-9-13(15)8-11(4)14(12)16-7-6-10(2)3/h8-10H,5-7H2,1-4H3. The SMILES string of the molecule is CCc1cc(I)cc(C)c1OCCC(C)C. The Hall–Kier alpha value is -0.250. The molecule has 1 nitrogen and oxygen atoms in total. The molecular formula is C14H21IO. The maximum atomic E-state index is 5.92. The molecule has 0 saturated heterocycles. The van der Waals surface area contributed by atoms with Gasteiger partial charge >= 0.3 is 0 Å². The third-order valence-corrected chi connectivity index (χ3v) is 3.26. The molecule has 0 N–H and O–H groups in total. The summed E-state index contributed by atoms with van der Waals surface area (Å²) in [5, 5.41) is 0. The zero-order chi connectivity index (χ0) is 12.1. The second kappa shape index (κ2) is 6.48. The third kappa shape index (κ3) is 3.96. The Bertz CT molecular complexity index is 345. The van der Waals surface area contributed by atoms with Crippen LogP contribution in [-0.2, 0) is 6.42 Å². The molecule has 0 aromatic heterocycles. The van der Waals surface area contributed by atoms with Gasteiger partial charge in [-0.25, -0.2) is 0 Å². The van der Waals surface area contributed by atoms with Crippen LogP contribution in [0.1, 0.15) is 38.3 Å². The van der Waals surface area contributed by atoms with Crippen LogP contribution in [0.2, 0.25) is 0 Å². The molecule has 0 aliphatic heterocycles. The maximum Gasteiger partial charge on any atom is 0.125 e. The Morgan fingerprint density at radius 3 is 2.56 bits per heavy atom. The van der Waals surface area contributed by atoms with Crippen LogP contribution in [0.25, 0.3) is 0 Å². The van der Waals surface area contributed by atoms with Crippen molar-refractivity contribution >= 4 is 22.6 Å². The van der Waals surface area contributed by atoms with Crippen molar-refractivity contribution in [3.63, 3.8) is 0 Å². The van der Waals surface area contributed by atoms with Crippen LogP contribution in [0, 0.1) is 16.4 Å². The molecule has 16 heavy (non-hydrogen) atoms. The van der Waals surface area contributed by atoms with E-state index in [4.69, 9.17) is 4.74 Å². The average Bonchev–Trinajstić information content (AvgIpc) is 2.20. The van der Waals surface area contributed by atoms with Crippen molar-refractivity contribution in [2.45, 2.75) is 40.5 Å². The molecular weight excluding hydrogens is 311 g/mol. The first-order chi connectivity index (χ1) is 7.54. The summed E-state index contributed by atoms with van der Waals surface area (Å²) < 4.78 is 7.22. The minimum atomic E-state index is 0.703. The van der Waals surface area contributed by atoms with Crippen LogP contribution < -0.4 is 4.74 Å². The summed E-state index contributed by atoms with van der Waals surface area (Å²) in [5.74, 6) is 1.80. The van der Waals surface area contributed by atoms with E-state index in [1.165, 1.54) is 14.7 Å². The van der Waals surface area contributed by atoms with E-state index in [1.54, 1.807) is 0 Å². The molecule has 1 aromatic rings. The second-order valence-corrected chi connectivity index (χ2v) is 5.84. The summed E-state index contributed by atoms with van der Waals surface area (Å²) in [4.78, 5) is 0. The Labute approximate surface area is 113 Å². The van der Waals surface area contributed by atoms with E-state index in [-0.39, 0.29) is 0 Å². The first-order valence-electron chi connectivity index (χ1n) is 5.96. The maximum absolute atomic E-state index is 5.92. The molecule has 90 valence electrons. The smallest absolute Gasteiger partial charge is 0.125 e. The number of hydrogen-bond acceptors (Lipinski definition) is 1. The van der Waals surface area contributed by atoms with Gasteiger partial charge in [0.05, 0.1) is 6.61 Å². The lowest BCUT2D eigenvalue weighted by atomic mass is 10.1. The first-order valence-corrected chi connectivity index (χ1v) is 7.04. The van der Waals surface area contributed by atoms with Gasteiger partial charge in [-0.1, -0.05) is 20.8 Å². The highest BCUT2D eigenvalue weighted by Crippen LogP contribution is 2.27. The van der Waals surface area contributed by atoms with Gasteiger partial charge in [0.25, 0.3) is 0 Å². The molecule has 0 spiro atoms. The minimum Gasteiger partial charge on any atom is -0.493 e. The van der Waals surface area contributed by atoms with E-state index >= 15 is 0 Å². The van der Waals surface area contributed by atoms with E-state index in [2.05, 4.69) is 62.4 Å². The lowest BCUT2D eigenvalue weighted by Crippen LogP contribution is -2.05. The molecule has 0 aliphatic carbocycles. The van der Waals surface area contributed by atoms with Gasteiger partial charge in [-0.2, -0.15) is 0 Å². The normalized spacial score (nSPS) is 10.9. The molecule has 1 rings (SSSR count). The fraction of sp³-hybridized carbons (Fsp3) is 0.571. The van der Waals surface area contributed by atoms with Gasteiger partial charge in [-0.15, -0.1) is 0 Å². The molecule has 0 atom stereocenters. The van der Waals surface area contributed by atoms with E-state index in [1.807, 2.05) is 0 Å². The predicted octanol–water partition coefficient (Wildman–Crippen LogP) is 4.59. The van der Waals surface area contributed by atoms with Gasteiger partial charge in [0, 0.05) is 3.57 Å². The molecule has 0 aliphatic rings. The largest absolute Gasteiger partial charge is 0.493 e. The van der Waals surface area contributed by atoms with Gasteiger partial charge in [0.1, 0.15) is 5.75 Å². The molecule has 0 saturated carbocycles. The Balaban J connectivity index is 2.77. The highest BCUT2D eigenvalue weighted by Gasteiger charge is 2.07. The molecule has 0 radical (unpaired) electrons. The number of halogens is 1. The number of rotatable bonds is 5. The van der Waals surface area contributed by atoms with Crippen molar-refractivity contribution in [1.29, 1.82) is 0 Å². The fourth-order valence-electron chi connectivity index (χ4n) is 1.67. The highest BCUT2D eigenvalue weighted by molar-refractivity contribution is 14.1. The number of benzene rings is 1. The fourth-order valence-corrected chi connectivity index (χ4v) is 2.51. The monoisotopic (exact) mass is 332 g/mol. The van der Waals surface area contributed by atoms with Crippen LogP contribution >= 0.6 is 22.6 Å². The Morgan fingerprint density at radius 2 is 2.00 bits per heavy atom. The van der Waals surface area contributed by atoms with E-state index < -0.39 is 0 Å². The highest BCUT2D eigenvalue weighted by atomic mass is 127. The zero-order valence-corrected chi connectivity index (χ0v) is 12.8. The van der Waals surface area contributed by atoms with Crippen LogP contribution in [0.15, 0.2) is 12.1 Å². The third-order valence-electron chi connectivity index (χ3n) is 2.64. The molecule has 0 fully saturated rings. The predicted molar refractivity (Wildman–Crippen MR) is 78.2 cm³/mol. The van der Waals surface area contributed by atoms with Gasteiger partial charge in [-0.05, 0) is 71.5 Å². The van der Waals surface area contributed by atoms with Crippen LogP contribution in [0.3, 0.4) is 0 Å². The average molecular weight is 332 g/mol. The summed E-state index contributed by atoms with van der Waals surface area (Å²) in [5.41, 5.74) is 2.58. The van der Waals surface area contributed by atoms with Crippen LogP contribution in [0.5, 0.6) is 5.75 Å². The van der Waals surface area contributed by atoms with Gasteiger partial charge in [0.15, 0.2) is 0 Å². The topological polar surface area (TPSA) is 9.23 Å². The van der Waals surface area contributed by atoms with E-state index in [9.17, 15) is 0 Å². The van der Waals surface area contributed by atoms with Crippen molar-refractivity contribution in [1.82, 2.24) is 0 Å². The quantitative estimate of drug-likeness (QED) is 0.717. The first kappa shape index (κ1) is 13.8. The lowest BCUT2D eigenvalue weighted by molar-refractivity contribution is 0.285. The van der Waals surface area contributed by atoms with Crippen molar-refractivity contribution in [3.05, 3.63) is 26.8 Å². The van der Waals surface area contributed by atoms with Crippen molar-refractivity contribution < 1.29 is 4.74 Å². The summed E-state index contributed by atoms with van der Waals surface area (Å²) in [7, 11) is 0. The zero-order valence-electron chi connectivity index (χ0n) is 10.6. The summed E-state index contributed by atoms with van der Waals surface area (Å²) >= 11 is 2.36. The van der Waals surface area contributed by atoms with Crippen molar-refractivity contribution in [3.8, 4) is 5.75 Å². The van der Waals surface area contributed by atoms with Crippen LogP contribution in [-0.4, -0.2) is 6.61 Å². The minimum absolute atomic E-state index is 0.703. The van der Waals surface area contributed by atoms with Gasteiger partial charge < -0.3 is 4.74 Å². The van der Waals surface area contributed by atoms with Crippen molar-refractivity contribution in [2.24, 2.45) is 5.92 Å². The number of aryl methyl sites for hydroxylation is 2. The van der Waals surface area contributed by atoms with Crippen LogP contribution in [0.4, 0.5) is 0 Å². The molecule has 0 bridgehead atoms. The van der Waals surface area contributed by atoms with E-state index in [0.29, 0.717) is 5.92 Å². The van der Waals surface area contributed by atoms with E-state index in [0.717, 1.165) is 25.2 Å². The van der Waals surface area contributed by atoms with Crippen molar-refractivity contribution in [2.75, 3.05) is 6.61 Å². The van der Waals surface area contributed by atoms with Gasteiger partial charge in [0.2, 0.25) is 0 Å². The van der Waals surface area contributed by atoms with Gasteiger partial charge in [-0.3, -0.25) is 0 Å². The molecule has 1 aromatic carbocycles. The molecule has 0 amide bonds. The molecule has 2 heteroatoms. The summed E-state index contributed by atoms with van der Waals surface area (Å²) in [6.45, 7) is 9.59. The number of ether oxygens (including phenoxy) is 1. The summed E-state index contributed by atoms with van der Waals surface area (Å²) in [6, 6.07) is 4.41. The number of hydrogen-bond donors (Lipinski definition) is 0. The second-order valence-electron chi connectivity index (χ2n) is 4.60. The Morgan fingerprint density at radius 1 is 1.31 bits per heavy atom. The lowest BCUT2D eigenvalue weighted by Gasteiger charge is -2.15. The molecule has 0 unspecified atom stereocenters. The summed E-state index contributed by atoms with van der Waals surface area (Å²) in [6.07, 6.45) is 2.16. The Kier molecular flexibility index (Phi) is 5.59.